The molecule has 1 rings (SSSR count). The first-order valence-corrected chi connectivity index (χ1v) is 6.26. The highest BCUT2D eigenvalue weighted by atomic mass is 16.6. The summed E-state index contributed by atoms with van der Waals surface area (Å²) in [4.78, 5) is 16.7. The maximum Gasteiger partial charge on any atom is 0.309 e. The van der Waals surface area contributed by atoms with Crippen molar-refractivity contribution in [3.8, 4) is 0 Å². The van der Waals surface area contributed by atoms with E-state index in [2.05, 4.69) is 25.1 Å². The van der Waals surface area contributed by atoms with Gasteiger partial charge in [0.2, 0.25) is 0 Å². The summed E-state index contributed by atoms with van der Waals surface area (Å²) in [5, 5.41) is 3.88. The van der Waals surface area contributed by atoms with Crippen LogP contribution in [-0.4, -0.2) is 25.4 Å². The van der Waals surface area contributed by atoms with Gasteiger partial charge in [-0.2, -0.15) is 0 Å². The lowest BCUT2D eigenvalue weighted by Gasteiger charge is -2.01. The van der Waals surface area contributed by atoms with Gasteiger partial charge in [0.15, 0.2) is 0 Å². The van der Waals surface area contributed by atoms with Crippen molar-refractivity contribution >= 4 is 12.2 Å². The van der Waals surface area contributed by atoms with Gasteiger partial charge in [0.1, 0.15) is 6.10 Å². The zero-order valence-corrected chi connectivity index (χ0v) is 12.1. The van der Waals surface area contributed by atoms with Gasteiger partial charge in [0.05, 0.1) is 19.2 Å². The van der Waals surface area contributed by atoms with Gasteiger partial charge in [0, 0.05) is 0 Å². The number of methoxy groups -OCH3 is 1. The van der Waals surface area contributed by atoms with Crippen LogP contribution in [0.5, 0.6) is 0 Å². The van der Waals surface area contributed by atoms with Crippen LogP contribution in [0.3, 0.4) is 0 Å². The SMILES string of the molecule is COC(=O)[C@@H]1[C@@H](C=C(C)/C=N/OC(C)C)C1(C)C. The van der Waals surface area contributed by atoms with Gasteiger partial charge < -0.3 is 9.57 Å². The third-order valence-electron chi connectivity index (χ3n) is 3.34. The monoisotopic (exact) mass is 253 g/mol. The third kappa shape index (κ3) is 3.34. The van der Waals surface area contributed by atoms with E-state index in [0.29, 0.717) is 0 Å². The van der Waals surface area contributed by atoms with Crippen LogP contribution in [0.1, 0.15) is 34.6 Å². The van der Waals surface area contributed by atoms with E-state index in [1.165, 1.54) is 7.11 Å². The molecule has 0 unspecified atom stereocenters. The molecule has 0 N–H and O–H groups in total. The second-order valence-corrected chi connectivity index (χ2v) is 5.65. The molecule has 1 fully saturated rings. The first kappa shape index (κ1) is 14.7. The predicted octanol–water partition coefficient (Wildman–Crippen LogP) is 2.79. The van der Waals surface area contributed by atoms with Crippen LogP contribution < -0.4 is 0 Å². The maximum atomic E-state index is 11.6. The Bertz CT molecular complexity index is 369. The van der Waals surface area contributed by atoms with Gasteiger partial charge in [-0.05, 0) is 37.7 Å². The average Bonchev–Trinajstić information content (AvgIpc) is 2.78. The molecule has 0 spiro atoms. The van der Waals surface area contributed by atoms with Crippen LogP contribution >= 0.6 is 0 Å². The van der Waals surface area contributed by atoms with Crippen molar-refractivity contribution < 1.29 is 14.4 Å². The number of ether oxygens (including phenoxy) is 1. The molecule has 4 nitrogen and oxygen atoms in total. The standard InChI is InChI=1S/C14H23NO3/c1-9(2)18-15-8-10(3)7-11-12(13(16)17-6)14(11,4)5/h7-9,11-12H,1-6H3/b10-7?,15-8+/t11-,12+/m1/s1. The van der Waals surface area contributed by atoms with Gasteiger partial charge in [0.25, 0.3) is 0 Å². The summed E-state index contributed by atoms with van der Waals surface area (Å²) < 4.78 is 4.81. The van der Waals surface area contributed by atoms with E-state index in [0.717, 1.165) is 5.57 Å². The molecule has 2 atom stereocenters. The number of allylic oxidation sites excluding steroid dienone is 2. The van der Waals surface area contributed by atoms with Crippen molar-refractivity contribution in [2.75, 3.05) is 7.11 Å². The minimum atomic E-state index is -0.135. The van der Waals surface area contributed by atoms with Crippen molar-refractivity contribution in [3.05, 3.63) is 11.6 Å². The fraction of sp³-hybridized carbons (Fsp3) is 0.714. The Morgan fingerprint density at radius 1 is 1.39 bits per heavy atom. The molecule has 1 aliphatic rings. The normalized spacial score (nSPS) is 26.5. The Kier molecular flexibility index (Phi) is 4.54. The first-order valence-electron chi connectivity index (χ1n) is 6.26. The number of nitrogens with zero attached hydrogens (tertiary/aromatic N) is 1. The lowest BCUT2D eigenvalue weighted by Crippen LogP contribution is -2.07. The van der Waals surface area contributed by atoms with Gasteiger partial charge >= 0.3 is 5.97 Å². The van der Waals surface area contributed by atoms with Crippen molar-refractivity contribution in [1.29, 1.82) is 0 Å². The van der Waals surface area contributed by atoms with E-state index in [1.807, 2.05) is 20.8 Å². The highest BCUT2D eigenvalue weighted by Gasteiger charge is 2.61. The third-order valence-corrected chi connectivity index (χ3v) is 3.34. The molecule has 0 aromatic carbocycles. The summed E-state index contributed by atoms with van der Waals surface area (Å²) in [6.45, 7) is 9.95. The van der Waals surface area contributed by atoms with E-state index in [9.17, 15) is 4.79 Å². The summed E-state index contributed by atoms with van der Waals surface area (Å²) >= 11 is 0. The Labute approximate surface area is 109 Å². The molecular formula is C14H23NO3. The number of carbonyl (C=O) groups excluding carboxylic acids is 1. The quantitative estimate of drug-likeness (QED) is 0.430. The summed E-state index contributed by atoms with van der Waals surface area (Å²) in [6, 6.07) is 0. The van der Waals surface area contributed by atoms with Crippen LogP contribution in [0, 0.1) is 17.3 Å². The summed E-state index contributed by atoms with van der Waals surface area (Å²) in [5.74, 6) is 0.0386. The fourth-order valence-corrected chi connectivity index (χ4v) is 2.13. The Balaban J connectivity index is 2.62. The Morgan fingerprint density at radius 3 is 2.50 bits per heavy atom. The molecule has 0 saturated heterocycles. The van der Waals surface area contributed by atoms with Gasteiger partial charge in [-0.3, -0.25) is 4.79 Å². The van der Waals surface area contributed by atoms with Crippen LogP contribution in [0.4, 0.5) is 0 Å². The maximum absolute atomic E-state index is 11.6. The molecule has 0 radical (unpaired) electrons. The van der Waals surface area contributed by atoms with Gasteiger partial charge in [-0.1, -0.05) is 25.1 Å². The van der Waals surface area contributed by atoms with Crippen molar-refractivity contribution in [3.63, 3.8) is 0 Å². The van der Waals surface area contributed by atoms with E-state index >= 15 is 0 Å². The van der Waals surface area contributed by atoms with Crippen molar-refractivity contribution in [1.82, 2.24) is 0 Å². The number of carbonyl (C=O) groups is 1. The first-order chi connectivity index (χ1) is 8.30. The zero-order valence-electron chi connectivity index (χ0n) is 12.1. The lowest BCUT2D eigenvalue weighted by molar-refractivity contribution is -0.143. The lowest BCUT2D eigenvalue weighted by atomic mass is 10.1. The molecule has 1 aliphatic carbocycles. The van der Waals surface area contributed by atoms with Crippen LogP contribution in [0.2, 0.25) is 0 Å². The number of oxime groups is 1. The second-order valence-electron chi connectivity index (χ2n) is 5.65. The molecule has 4 heteroatoms. The largest absolute Gasteiger partial charge is 0.469 e. The van der Waals surface area contributed by atoms with Crippen molar-refractivity contribution in [2.45, 2.75) is 40.7 Å². The van der Waals surface area contributed by atoms with E-state index in [1.54, 1.807) is 6.21 Å². The topological polar surface area (TPSA) is 47.9 Å². The average molecular weight is 253 g/mol. The van der Waals surface area contributed by atoms with Gasteiger partial charge in [-0.25, -0.2) is 0 Å². The molecule has 0 aliphatic heterocycles. The minimum Gasteiger partial charge on any atom is -0.469 e. The minimum absolute atomic E-state index is 0.0267. The van der Waals surface area contributed by atoms with Crippen LogP contribution in [-0.2, 0) is 14.4 Å². The molecule has 1 saturated carbocycles. The molecular weight excluding hydrogens is 230 g/mol. The molecule has 0 aromatic heterocycles. The number of hydrogen-bond acceptors (Lipinski definition) is 4. The molecule has 18 heavy (non-hydrogen) atoms. The molecule has 0 amide bonds. The summed E-state index contributed by atoms with van der Waals surface area (Å²) in [7, 11) is 1.43. The fourth-order valence-electron chi connectivity index (χ4n) is 2.13. The summed E-state index contributed by atoms with van der Waals surface area (Å²) in [5.41, 5.74) is 0.973. The summed E-state index contributed by atoms with van der Waals surface area (Å²) in [6.07, 6.45) is 3.83. The van der Waals surface area contributed by atoms with Crippen LogP contribution in [0.15, 0.2) is 16.8 Å². The smallest absolute Gasteiger partial charge is 0.309 e. The number of hydrogen-bond donors (Lipinski definition) is 0. The molecule has 0 bridgehead atoms. The van der Waals surface area contributed by atoms with E-state index < -0.39 is 0 Å². The number of rotatable bonds is 5. The highest BCUT2D eigenvalue weighted by Crippen LogP contribution is 2.59. The van der Waals surface area contributed by atoms with Crippen LogP contribution in [0.25, 0.3) is 0 Å². The Hall–Kier alpha value is -1.32. The predicted molar refractivity (Wildman–Crippen MR) is 71.2 cm³/mol. The van der Waals surface area contributed by atoms with E-state index in [4.69, 9.17) is 9.57 Å². The second kappa shape index (κ2) is 5.55. The van der Waals surface area contributed by atoms with E-state index in [-0.39, 0.29) is 29.3 Å². The Morgan fingerprint density at radius 2 is 2.00 bits per heavy atom. The molecule has 102 valence electrons. The molecule has 0 aromatic rings. The van der Waals surface area contributed by atoms with Gasteiger partial charge in [-0.15, -0.1) is 0 Å². The van der Waals surface area contributed by atoms with Crippen molar-refractivity contribution in [2.24, 2.45) is 22.4 Å². The number of esters is 1. The molecule has 0 heterocycles. The highest BCUT2D eigenvalue weighted by molar-refractivity contribution is 5.80. The zero-order chi connectivity index (χ0) is 13.9.